The Hall–Kier alpha value is -2.96. The number of hydrogen-bond donors (Lipinski definition) is 1. The molecule has 0 saturated carbocycles. The first-order chi connectivity index (χ1) is 18.5. The van der Waals surface area contributed by atoms with Gasteiger partial charge >= 0.3 is 0 Å². The summed E-state index contributed by atoms with van der Waals surface area (Å²) in [4.78, 5) is 19.2. The molecule has 2 aromatic carbocycles. The number of carbonyl (C=O) groups excluding carboxylic acids is 1. The number of nitrogens with zero attached hydrogens (tertiary/aromatic N) is 3. The van der Waals surface area contributed by atoms with Crippen LogP contribution in [0.3, 0.4) is 0 Å². The molecule has 2 saturated heterocycles. The van der Waals surface area contributed by atoms with Gasteiger partial charge in [-0.1, -0.05) is 29.8 Å². The lowest BCUT2D eigenvalue weighted by Gasteiger charge is -2.36. The molecule has 7 heteroatoms. The zero-order valence-electron chi connectivity index (χ0n) is 22.4. The third-order valence-corrected chi connectivity index (χ3v) is 8.15. The molecule has 0 bridgehead atoms. The summed E-state index contributed by atoms with van der Waals surface area (Å²) in [7, 11) is 1.99. The highest BCUT2D eigenvalue weighted by molar-refractivity contribution is 6.30. The molecule has 2 aliphatic heterocycles. The number of quaternary nitrogens is 1. The van der Waals surface area contributed by atoms with Crippen LogP contribution in [-0.2, 0) is 24.8 Å². The number of amides is 1. The minimum Gasteiger partial charge on any atom is -0.494 e. The molecule has 1 amide bonds. The maximum absolute atomic E-state index is 13.0. The molecule has 1 N–H and O–H groups in total. The standard InChI is InChI=1S/C31H39ClN4O2/c1-33-14-11-26(23-33)21-31(37)36-13-3-2-8-28(36)12-19-38-30-10-4-6-25(20-30)24-34-15-17-35(18-16-34)29-9-5-7-27(32)22-29/h4-7,9-11,14,20,22-23,28H,2-3,8,12-13,15-19,21,24H2,1H3/p+1. The fourth-order valence-corrected chi connectivity index (χ4v) is 6.03. The van der Waals surface area contributed by atoms with Gasteiger partial charge in [0.05, 0.1) is 39.2 Å². The Morgan fingerprint density at radius 3 is 2.66 bits per heavy atom. The van der Waals surface area contributed by atoms with Gasteiger partial charge in [0.2, 0.25) is 5.91 Å². The Kier molecular flexibility index (Phi) is 8.92. The third-order valence-electron chi connectivity index (χ3n) is 7.91. The molecule has 3 heterocycles. The van der Waals surface area contributed by atoms with Gasteiger partial charge in [-0.05, 0) is 61.2 Å². The minimum atomic E-state index is 0.237. The maximum Gasteiger partial charge on any atom is 0.227 e. The summed E-state index contributed by atoms with van der Waals surface area (Å²) >= 11 is 6.18. The van der Waals surface area contributed by atoms with Crippen LogP contribution in [0.4, 0.5) is 5.69 Å². The lowest BCUT2D eigenvalue weighted by atomic mass is 9.98. The second kappa shape index (κ2) is 12.7. The molecule has 202 valence electrons. The summed E-state index contributed by atoms with van der Waals surface area (Å²) in [6, 6.07) is 19.0. The van der Waals surface area contributed by atoms with Crippen LogP contribution in [0.5, 0.6) is 5.75 Å². The van der Waals surface area contributed by atoms with Gasteiger partial charge in [0.1, 0.15) is 12.3 Å². The first-order valence-corrected chi connectivity index (χ1v) is 14.4. The number of rotatable bonds is 9. The number of piperazine rings is 1. The zero-order valence-corrected chi connectivity index (χ0v) is 23.2. The van der Waals surface area contributed by atoms with Crippen LogP contribution in [0.15, 0.2) is 67.0 Å². The normalized spacial score (nSPS) is 18.5. The first-order valence-electron chi connectivity index (χ1n) is 14.0. The summed E-state index contributed by atoms with van der Waals surface area (Å²) in [5, 5.41) is 0.795. The minimum absolute atomic E-state index is 0.237. The average molecular weight is 536 g/mol. The second-order valence-corrected chi connectivity index (χ2v) is 11.2. The van der Waals surface area contributed by atoms with Gasteiger partial charge in [-0.2, -0.15) is 0 Å². The van der Waals surface area contributed by atoms with E-state index in [4.69, 9.17) is 16.3 Å². The molecule has 6 nitrogen and oxygen atoms in total. The van der Waals surface area contributed by atoms with Crippen molar-refractivity contribution in [2.75, 3.05) is 44.2 Å². The number of anilines is 1. The van der Waals surface area contributed by atoms with Crippen LogP contribution in [-0.4, -0.2) is 60.7 Å². The lowest BCUT2D eigenvalue weighted by molar-refractivity contribution is -0.914. The topological polar surface area (TPSA) is 42.1 Å². The molecule has 0 aliphatic carbocycles. The van der Waals surface area contributed by atoms with Gasteiger partial charge in [-0.3, -0.25) is 4.79 Å². The van der Waals surface area contributed by atoms with Crippen molar-refractivity contribution >= 4 is 23.2 Å². The number of hydrogen-bond acceptors (Lipinski definition) is 3. The van der Waals surface area contributed by atoms with Crippen molar-refractivity contribution in [3.8, 4) is 5.75 Å². The van der Waals surface area contributed by atoms with Crippen molar-refractivity contribution in [2.24, 2.45) is 7.05 Å². The van der Waals surface area contributed by atoms with E-state index in [2.05, 4.69) is 46.2 Å². The lowest BCUT2D eigenvalue weighted by Crippen LogP contribution is -3.13. The largest absolute Gasteiger partial charge is 0.494 e. The monoisotopic (exact) mass is 535 g/mol. The van der Waals surface area contributed by atoms with Crippen LogP contribution in [0, 0.1) is 0 Å². The molecule has 1 atom stereocenters. The van der Waals surface area contributed by atoms with E-state index in [9.17, 15) is 4.79 Å². The first kappa shape index (κ1) is 26.6. The third kappa shape index (κ3) is 7.12. The van der Waals surface area contributed by atoms with E-state index in [1.54, 1.807) is 4.90 Å². The van der Waals surface area contributed by atoms with Gasteiger partial charge in [0, 0.05) is 54.7 Å². The quantitative estimate of drug-likeness (QED) is 0.451. The van der Waals surface area contributed by atoms with E-state index in [0.717, 1.165) is 74.9 Å². The van der Waals surface area contributed by atoms with Crippen LogP contribution in [0.2, 0.25) is 5.02 Å². The molecular weight excluding hydrogens is 496 g/mol. The number of carbonyl (C=O) groups is 1. The highest BCUT2D eigenvalue weighted by Gasteiger charge is 2.27. The molecule has 1 aromatic heterocycles. The Balaban J connectivity index is 1.08. The average Bonchev–Trinajstić information content (AvgIpc) is 3.34. The molecule has 3 aromatic rings. The SMILES string of the molecule is Cn1ccc(CC(=O)N2CCCCC2CCOc2cccc(C[NH+]3CCN(c4cccc(Cl)c4)CC3)c2)c1. The molecule has 5 rings (SSSR count). The van der Waals surface area contributed by atoms with Crippen LogP contribution in [0.1, 0.15) is 36.8 Å². The van der Waals surface area contributed by atoms with E-state index >= 15 is 0 Å². The number of aromatic nitrogens is 1. The highest BCUT2D eigenvalue weighted by Crippen LogP contribution is 2.22. The van der Waals surface area contributed by atoms with Crippen molar-refractivity contribution in [3.05, 3.63) is 83.1 Å². The number of ether oxygens (including phenoxy) is 1. The van der Waals surface area contributed by atoms with E-state index in [0.29, 0.717) is 13.0 Å². The predicted octanol–water partition coefficient (Wildman–Crippen LogP) is 3.98. The van der Waals surface area contributed by atoms with Gasteiger partial charge in [-0.25, -0.2) is 0 Å². The van der Waals surface area contributed by atoms with E-state index in [1.165, 1.54) is 17.7 Å². The van der Waals surface area contributed by atoms with E-state index in [-0.39, 0.29) is 11.9 Å². The van der Waals surface area contributed by atoms with Gasteiger partial charge < -0.3 is 24.0 Å². The summed E-state index contributed by atoms with van der Waals surface area (Å²) in [6.45, 7) is 6.77. The Bertz CT molecular complexity index is 1200. The molecular formula is C31H40ClN4O2+. The van der Waals surface area contributed by atoms with E-state index in [1.807, 2.05) is 42.2 Å². The number of benzene rings is 2. The Morgan fingerprint density at radius 2 is 1.87 bits per heavy atom. The molecule has 1 unspecified atom stereocenters. The highest BCUT2D eigenvalue weighted by atomic mass is 35.5. The predicted molar refractivity (Wildman–Crippen MR) is 153 cm³/mol. The van der Waals surface area contributed by atoms with Gasteiger partial charge in [-0.15, -0.1) is 0 Å². The number of likely N-dealkylation sites (tertiary alicyclic amines) is 1. The molecule has 2 fully saturated rings. The van der Waals surface area contributed by atoms with Crippen LogP contribution >= 0.6 is 11.6 Å². The summed E-state index contributed by atoms with van der Waals surface area (Å²) in [5.74, 6) is 1.17. The number of nitrogens with one attached hydrogen (secondary N) is 1. The van der Waals surface area contributed by atoms with Gasteiger partial charge in [0.25, 0.3) is 0 Å². The zero-order chi connectivity index (χ0) is 26.3. The molecule has 0 radical (unpaired) electrons. The summed E-state index contributed by atoms with van der Waals surface area (Å²) in [6.07, 6.45) is 8.73. The fraction of sp³-hybridized carbons (Fsp3) is 0.452. The van der Waals surface area contributed by atoms with Crippen LogP contribution in [0.25, 0.3) is 0 Å². The van der Waals surface area contributed by atoms with Crippen LogP contribution < -0.4 is 14.5 Å². The molecule has 2 aliphatic rings. The van der Waals surface area contributed by atoms with Crippen molar-refractivity contribution in [1.82, 2.24) is 9.47 Å². The fourth-order valence-electron chi connectivity index (χ4n) is 5.85. The summed E-state index contributed by atoms with van der Waals surface area (Å²) in [5.41, 5.74) is 3.61. The smallest absolute Gasteiger partial charge is 0.227 e. The maximum atomic E-state index is 13.0. The number of piperidine rings is 1. The van der Waals surface area contributed by atoms with Crippen molar-refractivity contribution < 1.29 is 14.4 Å². The Morgan fingerprint density at radius 1 is 1.03 bits per heavy atom. The van der Waals surface area contributed by atoms with Crippen molar-refractivity contribution in [2.45, 2.75) is 44.7 Å². The summed E-state index contributed by atoms with van der Waals surface area (Å²) < 4.78 is 8.20. The Labute approximate surface area is 231 Å². The van der Waals surface area contributed by atoms with Gasteiger partial charge in [0.15, 0.2) is 0 Å². The number of aryl methyl sites for hydroxylation is 1. The van der Waals surface area contributed by atoms with Crippen molar-refractivity contribution in [3.63, 3.8) is 0 Å². The molecule has 0 spiro atoms. The molecule has 38 heavy (non-hydrogen) atoms. The van der Waals surface area contributed by atoms with Crippen molar-refractivity contribution in [1.29, 1.82) is 0 Å². The second-order valence-electron chi connectivity index (χ2n) is 10.8. The number of halogens is 1. The van der Waals surface area contributed by atoms with E-state index < -0.39 is 0 Å².